The largest absolute Gasteiger partial charge is 0.417 e. The molecule has 1 heterocycles. The van der Waals surface area contributed by atoms with Crippen molar-refractivity contribution in [1.82, 2.24) is 15.0 Å². The molecule has 0 atom stereocenters. The Bertz CT molecular complexity index is 705. The molecule has 1 aromatic carbocycles. The average molecular weight is 315 g/mol. The number of nitrogen functional groups attached to an aromatic ring is 1. The smallest absolute Gasteiger partial charge is 0.368 e. The number of nitrogens with two attached hydrogens (primary N) is 1. The molecular formula is C11H6ClF3N6. The van der Waals surface area contributed by atoms with Gasteiger partial charge in [0.25, 0.3) is 0 Å². The first kappa shape index (κ1) is 14.8. The lowest BCUT2D eigenvalue weighted by Crippen LogP contribution is -2.09. The van der Waals surface area contributed by atoms with E-state index < -0.39 is 17.3 Å². The van der Waals surface area contributed by atoms with Crippen molar-refractivity contribution in [3.8, 4) is 6.07 Å². The lowest BCUT2D eigenvalue weighted by Gasteiger charge is -2.11. The molecule has 1 aromatic heterocycles. The van der Waals surface area contributed by atoms with Gasteiger partial charge in [-0.2, -0.15) is 33.4 Å². The molecule has 0 aliphatic carbocycles. The van der Waals surface area contributed by atoms with Crippen molar-refractivity contribution >= 4 is 29.2 Å². The van der Waals surface area contributed by atoms with E-state index in [4.69, 9.17) is 22.6 Å². The van der Waals surface area contributed by atoms with E-state index in [1.54, 1.807) is 0 Å². The predicted molar refractivity (Wildman–Crippen MR) is 68.7 cm³/mol. The summed E-state index contributed by atoms with van der Waals surface area (Å²) in [5, 5.41) is 11.0. The molecule has 2 rings (SSSR count). The van der Waals surface area contributed by atoms with Crippen molar-refractivity contribution in [3.63, 3.8) is 0 Å². The molecule has 0 amide bonds. The van der Waals surface area contributed by atoms with E-state index in [0.717, 1.165) is 12.1 Å². The van der Waals surface area contributed by atoms with Gasteiger partial charge in [0.05, 0.1) is 17.2 Å². The van der Waals surface area contributed by atoms with Crippen LogP contribution in [-0.2, 0) is 6.18 Å². The second-order valence-corrected chi connectivity index (χ2v) is 4.12. The van der Waals surface area contributed by atoms with E-state index in [-0.39, 0.29) is 22.9 Å². The van der Waals surface area contributed by atoms with E-state index in [0.29, 0.717) is 0 Å². The fraction of sp³-hybridized carbons (Fsp3) is 0.0909. The van der Waals surface area contributed by atoms with E-state index in [2.05, 4.69) is 20.3 Å². The van der Waals surface area contributed by atoms with E-state index in [1.807, 2.05) is 0 Å². The Hall–Kier alpha value is -2.60. The second-order valence-electron chi connectivity index (χ2n) is 3.78. The highest BCUT2D eigenvalue weighted by molar-refractivity contribution is 6.28. The summed E-state index contributed by atoms with van der Waals surface area (Å²) in [5.41, 5.74) is 3.83. The van der Waals surface area contributed by atoms with Gasteiger partial charge in [-0.05, 0) is 29.8 Å². The molecule has 6 nitrogen and oxygen atoms in total. The number of alkyl halides is 3. The first-order valence-electron chi connectivity index (χ1n) is 5.35. The van der Waals surface area contributed by atoms with Crippen LogP contribution in [0.3, 0.4) is 0 Å². The third-order valence-corrected chi connectivity index (χ3v) is 2.50. The van der Waals surface area contributed by atoms with Gasteiger partial charge in [-0.25, -0.2) is 0 Å². The van der Waals surface area contributed by atoms with Crippen molar-refractivity contribution in [1.29, 1.82) is 5.26 Å². The number of hydrogen-bond acceptors (Lipinski definition) is 6. The molecule has 0 radical (unpaired) electrons. The summed E-state index contributed by atoms with van der Waals surface area (Å²) in [5.74, 6) is -0.285. The quantitative estimate of drug-likeness (QED) is 0.884. The van der Waals surface area contributed by atoms with Crippen LogP contribution in [0.25, 0.3) is 0 Å². The third kappa shape index (κ3) is 3.49. The number of rotatable bonds is 2. The second kappa shape index (κ2) is 5.41. The number of anilines is 3. The van der Waals surface area contributed by atoms with E-state index in [9.17, 15) is 13.2 Å². The molecule has 2 aromatic rings. The zero-order valence-electron chi connectivity index (χ0n) is 10.1. The predicted octanol–water partition coefficient (Wildman–Crippen LogP) is 2.74. The number of benzene rings is 1. The van der Waals surface area contributed by atoms with Gasteiger partial charge in [-0.15, -0.1) is 0 Å². The average Bonchev–Trinajstić information content (AvgIpc) is 2.36. The van der Waals surface area contributed by atoms with Gasteiger partial charge in [0, 0.05) is 5.69 Å². The minimum Gasteiger partial charge on any atom is -0.368 e. The van der Waals surface area contributed by atoms with Crippen molar-refractivity contribution in [2.45, 2.75) is 6.18 Å². The monoisotopic (exact) mass is 314 g/mol. The van der Waals surface area contributed by atoms with Crippen LogP contribution >= 0.6 is 11.6 Å². The number of aromatic nitrogens is 3. The highest BCUT2D eigenvalue weighted by atomic mass is 35.5. The normalized spacial score (nSPS) is 11.0. The first-order chi connectivity index (χ1) is 9.79. The molecule has 3 N–H and O–H groups in total. The van der Waals surface area contributed by atoms with Gasteiger partial charge in [0.15, 0.2) is 0 Å². The van der Waals surface area contributed by atoms with Crippen LogP contribution in [0.1, 0.15) is 11.1 Å². The minimum atomic E-state index is -4.65. The van der Waals surface area contributed by atoms with Crippen LogP contribution in [0, 0.1) is 11.3 Å². The molecule has 21 heavy (non-hydrogen) atoms. The van der Waals surface area contributed by atoms with Gasteiger partial charge in [-0.1, -0.05) is 0 Å². The van der Waals surface area contributed by atoms with Gasteiger partial charge in [0.2, 0.25) is 17.2 Å². The number of halogens is 4. The Morgan fingerprint density at radius 3 is 2.52 bits per heavy atom. The van der Waals surface area contributed by atoms with E-state index >= 15 is 0 Å². The molecule has 0 spiro atoms. The van der Waals surface area contributed by atoms with Crippen LogP contribution in [0.4, 0.5) is 30.8 Å². The maximum atomic E-state index is 12.8. The lowest BCUT2D eigenvalue weighted by molar-refractivity contribution is -0.137. The summed E-state index contributed by atoms with van der Waals surface area (Å²) in [4.78, 5) is 10.9. The Balaban J connectivity index is 2.40. The number of nitrogens with one attached hydrogen (secondary N) is 1. The van der Waals surface area contributed by atoms with Gasteiger partial charge < -0.3 is 11.1 Å². The molecule has 10 heteroatoms. The standard InChI is InChI=1S/C11H6ClF3N6/c12-8-19-9(17)21-10(20-8)18-6-2-1-5(4-16)7(3-6)11(13,14)15/h1-3H,(H3,17,18,19,20,21). The number of hydrogen-bond donors (Lipinski definition) is 2. The fourth-order valence-corrected chi connectivity index (χ4v) is 1.67. The van der Waals surface area contributed by atoms with Crippen molar-refractivity contribution < 1.29 is 13.2 Å². The van der Waals surface area contributed by atoms with Crippen molar-refractivity contribution in [2.24, 2.45) is 0 Å². The molecule has 108 valence electrons. The number of nitrogens with zero attached hydrogens (tertiary/aromatic N) is 4. The fourth-order valence-electron chi connectivity index (χ4n) is 1.50. The molecule has 0 saturated heterocycles. The van der Waals surface area contributed by atoms with Gasteiger partial charge in [-0.3, -0.25) is 0 Å². The summed E-state index contributed by atoms with van der Waals surface area (Å²) in [6.07, 6.45) is -4.65. The minimum absolute atomic E-state index is 0.0305. The van der Waals surface area contributed by atoms with Crippen LogP contribution < -0.4 is 11.1 Å². The Kier molecular flexibility index (Phi) is 3.82. The molecule has 0 fully saturated rings. The Morgan fingerprint density at radius 2 is 1.95 bits per heavy atom. The first-order valence-corrected chi connectivity index (χ1v) is 5.73. The summed E-state index contributed by atoms with van der Waals surface area (Å²) in [6, 6.07) is 4.57. The Morgan fingerprint density at radius 1 is 1.24 bits per heavy atom. The maximum Gasteiger partial charge on any atom is 0.417 e. The molecular weight excluding hydrogens is 309 g/mol. The number of nitriles is 1. The van der Waals surface area contributed by atoms with Crippen LogP contribution in [0.15, 0.2) is 18.2 Å². The zero-order chi connectivity index (χ0) is 15.6. The highest BCUT2D eigenvalue weighted by Crippen LogP contribution is 2.34. The zero-order valence-corrected chi connectivity index (χ0v) is 10.9. The van der Waals surface area contributed by atoms with Crippen molar-refractivity contribution in [3.05, 3.63) is 34.6 Å². The Labute approximate surface area is 121 Å². The molecule has 0 bridgehead atoms. The van der Waals surface area contributed by atoms with Gasteiger partial charge >= 0.3 is 6.18 Å². The summed E-state index contributed by atoms with van der Waals surface area (Å²) >= 11 is 5.56. The van der Waals surface area contributed by atoms with Crippen LogP contribution in [0.5, 0.6) is 0 Å². The summed E-state index contributed by atoms with van der Waals surface area (Å²) < 4.78 is 38.5. The third-order valence-electron chi connectivity index (χ3n) is 2.33. The molecule has 0 saturated carbocycles. The summed E-state index contributed by atoms with van der Waals surface area (Å²) in [6.45, 7) is 0. The van der Waals surface area contributed by atoms with Crippen LogP contribution in [-0.4, -0.2) is 15.0 Å². The highest BCUT2D eigenvalue weighted by Gasteiger charge is 2.33. The van der Waals surface area contributed by atoms with Gasteiger partial charge in [0.1, 0.15) is 0 Å². The molecule has 0 aliphatic heterocycles. The van der Waals surface area contributed by atoms with Crippen LogP contribution in [0.2, 0.25) is 5.28 Å². The summed E-state index contributed by atoms with van der Waals surface area (Å²) in [7, 11) is 0. The van der Waals surface area contributed by atoms with Crippen molar-refractivity contribution in [2.75, 3.05) is 11.1 Å². The topological polar surface area (TPSA) is 101 Å². The van der Waals surface area contributed by atoms with E-state index in [1.165, 1.54) is 12.1 Å². The molecule has 0 aliphatic rings. The maximum absolute atomic E-state index is 12.8. The lowest BCUT2D eigenvalue weighted by atomic mass is 10.1. The SMILES string of the molecule is N#Cc1ccc(Nc2nc(N)nc(Cl)n2)cc1C(F)(F)F. The molecule has 0 unspecified atom stereocenters.